The molecule has 2 aromatic rings. The van der Waals surface area contributed by atoms with Crippen LogP contribution in [0.2, 0.25) is 0 Å². The Balaban J connectivity index is 2.02. The lowest BCUT2D eigenvalue weighted by Crippen LogP contribution is -2.05. The number of aryl methyl sites for hydroxylation is 1. The molecule has 0 N–H and O–H groups in total. The maximum Gasteiger partial charge on any atom is 0.160 e. The molecular weight excluding hydrogens is 316 g/mol. The normalized spacial score (nSPS) is 14.9. The number of amidine groups is 1. The summed E-state index contributed by atoms with van der Waals surface area (Å²) < 4.78 is 0. The summed E-state index contributed by atoms with van der Waals surface area (Å²) in [5, 5.41) is 0. The van der Waals surface area contributed by atoms with E-state index >= 15 is 0 Å². The molecule has 1 aliphatic rings. The molecule has 130 valence electrons. The molecule has 0 spiro atoms. The minimum Gasteiger partial charge on any atom is -0.233 e. The van der Waals surface area contributed by atoms with Gasteiger partial charge >= 0.3 is 0 Å². The summed E-state index contributed by atoms with van der Waals surface area (Å²) in [5.41, 5.74) is 6.05. The maximum atomic E-state index is 4.86. The fraction of sp³-hybridized carbons (Fsp3) is 0.167. The van der Waals surface area contributed by atoms with Crippen LogP contribution in [0.25, 0.3) is 5.70 Å². The van der Waals surface area contributed by atoms with Gasteiger partial charge in [-0.2, -0.15) is 0 Å². The van der Waals surface area contributed by atoms with Gasteiger partial charge in [0.25, 0.3) is 0 Å². The van der Waals surface area contributed by atoms with Crippen molar-refractivity contribution in [3.63, 3.8) is 0 Å². The Morgan fingerprint density at radius 1 is 0.923 bits per heavy atom. The summed E-state index contributed by atoms with van der Waals surface area (Å²) in [6.45, 7) is 8.27. The van der Waals surface area contributed by atoms with Gasteiger partial charge in [0, 0.05) is 11.3 Å². The van der Waals surface area contributed by atoms with E-state index in [4.69, 9.17) is 9.98 Å². The first-order valence-corrected chi connectivity index (χ1v) is 8.96. The minimum absolute atomic E-state index is 0.694. The van der Waals surface area contributed by atoms with Crippen LogP contribution in [0.1, 0.15) is 36.5 Å². The third kappa shape index (κ3) is 4.54. The zero-order valence-electron chi connectivity index (χ0n) is 15.4. The molecule has 26 heavy (non-hydrogen) atoms. The fourth-order valence-corrected chi connectivity index (χ4v) is 2.87. The van der Waals surface area contributed by atoms with Gasteiger partial charge in [0.2, 0.25) is 0 Å². The number of rotatable bonds is 4. The van der Waals surface area contributed by atoms with E-state index in [0.29, 0.717) is 11.5 Å². The summed E-state index contributed by atoms with van der Waals surface area (Å²) in [6.07, 6.45) is 8.73. The van der Waals surface area contributed by atoms with Crippen molar-refractivity contribution < 1.29 is 0 Å². The topological polar surface area (TPSA) is 24.7 Å². The average molecular weight is 340 g/mol. The Morgan fingerprint density at radius 3 is 2.38 bits per heavy atom. The van der Waals surface area contributed by atoms with E-state index in [9.17, 15) is 0 Å². The zero-order valence-corrected chi connectivity index (χ0v) is 15.4. The Hall–Kier alpha value is -3.00. The van der Waals surface area contributed by atoms with Crippen LogP contribution in [0.4, 0.5) is 0 Å². The van der Waals surface area contributed by atoms with E-state index in [1.165, 1.54) is 11.1 Å². The average Bonchev–Trinajstić information content (AvgIpc) is 2.68. The lowest BCUT2D eigenvalue weighted by atomic mass is 10.0. The van der Waals surface area contributed by atoms with Gasteiger partial charge in [-0.05, 0) is 43.9 Å². The monoisotopic (exact) mass is 340 g/mol. The molecule has 0 heterocycles. The minimum atomic E-state index is 0.694. The van der Waals surface area contributed by atoms with Gasteiger partial charge in [0.1, 0.15) is 0 Å². The van der Waals surface area contributed by atoms with E-state index in [-0.39, 0.29) is 0 Å². The molecule has 3 rings (SSSR count). The molecular formula is C24H24N2. The first-order chi connectivity index (χ1) is 12.6. The van der Waals surface area contributed by atoms with E-state index in [2.05, 4.69) is 43.9 Å². The second-order valence-electron chi connectivity index (χ2n) is 6.45. The van der Waals surface area contributed by atoms with Crippen LogP contribution < -0.4 is 0 Å². The number of nitrogens with zero attached hydrogens (tertiary/aromatic N) is 2. The van der Waals surface area contributed by atoms with Crippen LogP contribution in [0.15, 0.2) is 95.0 Å². The number of hydrogen-bond acceptors (Lipinski definition) is 1. The highest BCUT2D eigenvalue weighted by Gasteiger charge is 2.08. The van der Waals surface area contributed by atoms with Crippen molar-refractivity contribution in [3.05, 3.63) is 102 Å². The second-order valence-corrected chi connectivity index (χ2v) is 6.45. The molecule has 0 saturated heterocycles. The standard InChI is InChI=1S/C24H24N2/c1-18-11-10-16-23(17-18)24(25-19(2)21-12-6-4-7-13-21)26-20(3)22-14-8-5-9-15-22/h4,6-8,10-17H,2,5,9H2,1,3H3. The van der Waals surface area contributed by atoms with Crippen molar-refractivity contribution in [2.75, 3.05) is 0 Å². The van der Waals surface area contributed by atoms with Gasteiger partial charge < -0.3 is 0 Å². The summed E-state index contributed by atoms with van der Waals surface area (Å²) in [5.74, 6) is 0.694. The summed E-state index contributed by atoms with van der Waals surface area (Å²) in [6, 6.07) is 18.3. The zero-order chi connectivity index (χ0) is 18.4. The van der Waals surface area contributed by atoms with Gasteiger partial charge in [-0.3, -0.25) is 0 Å². The van der Waals surface area contributed by atoms with E-state index < -0.39 is 0 Å². The molecule has 0 unspecified atom stereocenters. The highest BCUT2D eigenvalue weighted by atomic mass is 14.9. The van der Waals surface area contributed by atoms with Crippen molar-refractivity contribution in [1.82, 2.24) is 0 Å². The number of benzene rings is 2. The molecule has 2 heteroatoms. The largest absolute Gasteiger partial charge is 0.233 e. The molecule has 0 atom stereocenters. The summed E-state index contributed by atoms with van der Waals surface area (Å²) >= 11 is 0. The lowest BCUT2D eigenvalue weighted by molar-refractivity contribution is 1.03. The first kappa shape index (κ1) is 17.8. The van der Waals surface area contributed by atoms with Gasteiger partial charge in [-0.25, -0.2) is 9.98 Å². The Bertz CT molecular complexity index is 912. The van der Waals surface area contributed by atoms with E-state index in [1.54, 1.807) is 0 Å². The van der Waals surface area contributed by atoms with Crippen LogP contribution in [0.3, 0.4) is 0 Å². The fourth-order valence-electron chi connectivity index (χ4n) is 2.87. The molecule has 1 aliphatic carbocycles. The Labute approximate surface area is 156 Å². The second kappa shape index (κ2) is 8.39. The number of hydrogen-bond donors (Lipinski definition) is 0. The van der Waals surface area contributed by atoms with Crippen LogP contribution >= 0.6 is 0 Å². The predicted molar refractivity (Wildman–Crippen MR) is 113 cm³/mol. The first-order valence-electron chi connectivity index (χ1n) is 8.96. The number of allylic oxidation sites excluding steroid dienone is 4. The molecule has 0 radical (unpaired) electrons. The van der Waals surface area contributed by atoms with Crippen molar-refractivity contribution in [2.24, 2.45) is 9.98 Å². The van der Waals surface area contributed by atoms with Crippen molar-refractivity contribution in [2.45, 2.75) is 26.7 Å². The highest BCUT2D eigenvalue weighted by Crippen LogP contribution is 2.18. The van der Waals surface area contributed by atoms with E-state index in [0.717, 1.165) is 29.7 Å². The smallest absolute Gasteiger partial charge is 0.160 e. The quantitative estimate of drug-likeness (QED) is 0.471. The molecule has 2 aromatic carbocycles. The van der Waals surface area contributed by atoms with Crippen molar-refractivity contribution in [3.8, 4) is 0 Å². The van der Waals surface area contributed by atoms with E-state index in [1.807, 2.05) is 49.4 Å². The van der Waals surface area contributed by atoms with Gasteiger partial charge in [-0.15, -0.1) is 0 Å². The van der Waals surface area contributed by atoms with Gasteiger partial charge in [0.05, 0.1) is 5.70 Å². The molecule has 0 aromatic heterocycles. The molecule has 0 fully saturated rings. The van der Waals surface area contributed by atoms with Crippen LogP contribution in [0.5, 0.6) is 0 Å². The molecule has 0 saturated carbocycles. The molecule has 0 bridgehead atoms. The SMILES string of the molecule is C=C(N=C(N=C(C)C1=CCCC=C1)c1cccc(C)c1)c1ccccc1. The van der Waals surface area contributed by atoms with Crippen molar-refractivity contribution >= 4 is 17.2 Å². The van der Waals surface area contributed by atoms with Crippen LogP contribution in [0, 0.1) is 6.92 Å². The van der Waals surface area contributed by atoms with Crippen molar-refractivity contribution in [1.29, 1.82) is 0 Å². The van der Waals surface area contributed by atoms with Gasteiger partial charge in [0.15, 0.2) is 5.84 Å². The predicted octanol–water partition coefficient (Wildman–Crippen LogP) is 6.15. The Kier molecular flexibility index (Phi) is 5.75. The van der Waals surface area contributed by atoms with Crippen LogP contribution in [-0.2, 0) is 0 Å². The van der Waals surface area contributed by atoms with Crippen LogP contribution in [-0.4, -0.2) is 11.5 Å². The summed E-state index contributed by atoms with van der Waals surface area (Å²) in [4.78, 5) is 9.64. The third-order valence-corrected chi connectivity index (χ3v) is 4.31. The highest BCUT2D eigenvalue weighted by molar-refractivity contribution is 6.13. The maximum absolute atomic E-state index is 4.86. The summed E-state index contributed by atoms with van der Waals surface area (Å²) in [7, 11) is 0. The third-order valence-electron chi connectivity index (χ3n) is 4.31. The lowest BCUT2D eigenvalue weighted by Gasteiger charge is -2.10. The molecule has 2 nitrogen and oxygen atoms in total. The molecule has 0 amide bonds. The Morgan fingerprint density at radius 2 is 1.69 bits per heavy atom. The van der Waals surface area contributed by atoms with Gasteiger partial charge in [-0.1, -0.05) is 78.9 Å². The molecule has 0 aliphatic heterocycles. The number of aliphatic imine (C=N–C) groups is 2.